The molecule has 0 aromatic heterocycles. The van der Waals surface area contributed by atoms with Crippen molar-refractivity contribution in [3.05, 3.63) is 33.8 Å². The van der Waals surface area contributed by atoms with Gasteiger partial charge in [-0.25, -0.2) is 0 Å². The van der Waals surface area contributed by atoms with Crippen molar-refractivity contribution in [2.24, 2.45) is 11.7 Å². The van der Waals surface area contributed by atoms with Gasteiger partial charge in [-0.2, -0.15) is 0 Å². The van der Waals surface area contributed by atoms with Gasteiger partial charge in [-0.3, -0.25) is 4.79 Å². The highest BCUT2D eigenvalue weighted by Crippen LogP contribution is 2.25. The number of rotatable bonds is 4. The zero-order valence-corrected chi connectivity index (χ0v) is 9.98. The molecule has 0 heterocycles. The lowest BCUT2D eigenvalue weighted by Crippen LogP contribution is -2.22. The summed E-state index contributed by atoms with van der Waals surface area (Å²) in [6.45, 7) is 2.15. The summed E-state index contributed by atoms with van der Waals surface area (Å²) in [6.07, 6.45) is 0.247. The Morgan fingerprint density at radius 1 is 1.40 bits per heavy atom. The third kappa shape index (κ3) is 3.20. The first kappa shape index (κ1) is 12.5. The van der Waals surface area contributed by atoms with Gasteiger partial charge in [-0.1, -0.05) is 36.2 Å². The molecule has 1 atom stereocenters. The molecule has 0 saturated heterocycles. The second-order valence-electron chi connectivity index (χ2n) is 3.48. The maximum atomic E-state index is 11.7. The predicted molar refractivity (Wildman–Crippen MR) is 63.4 cm³/mol. The topological polar surface area (TPSA) is 43.1 Å². The Morgan fingerprint density at radius 2 is 1.93 bits per heavy atom. The first-order valence-electron chi connectivity index (χ1n) is 4.72. The minimum atomic E-state index is -0.155. The molecule has 0 aliphatic heterocycles. The summed E-state index contributed by atoms with van der Waals surface area (Å²) in [5.41, 5.74) is 6.10. The van der Waals surface area contributed by atoms with E-state index in [0.29, 0.717) is 22.2 Å². The molecule has 2 nitrogen and oxygen atoms in total. The smallest absolute Gasteiger partial charge is 0.141 e. The molecule has 0 bridgehead atoms. The van der Waals surface area contributed by atoms with Crippen LogP contribution in [0.5, 0.6) is 0 Å². The number of benzene rings is 1. The first-order chi connectivity index (χ1) is 7.06. The maximum absolute atomic E-state index is 11.7. The van der Waals surface area contributed by atoms with Gasteiger partial charge < -0.3 is 5.73 Å². The molecule has 0 spiro atoms. The van der Waals surface area contributed by atoms with Crippen molar-refractivity contribution in [3.8, 4) is 0 Å². The van der Waals surface area contributed by atoms with E-state index >= 15 is 0 Å². The summed E-state index contributed by atoms with van der Waals surface area (Å²) in [6, 6.07) is 5.21. The van der Waals surface area contributed by atoms with Crippen molar-refractivity contribution < 1.29 is 4.79 Å². The quantitative estimate of drug-likeness (QED) is 0.887. The Bertz CT molecular complexity index is 345. The number of hydrogen-bond acceptors (Lipinski definition) is 2. The molecule has 0 fully saturated rings. The second kappa shape index (κ2) is 5.50. The molecule has 82 valence electrons. The molecule has 0 amide bonds. The summed E-state index contributed by atoms with van der Waals surface area (Å²) in [4.78, 5) is 11.7. The van der Waals surface area contributed by atoms with Crippen LogP contribution in [0.1, 0.15) is 12.5 Å². The van der Waals surface area contributed by atoms with Gasteiger partial charge in [0.1, 0.15) is 5.78 Å². The SMILES string of the molecule is CC(CN)C(=O)Cc1c(Cl)cccc1Cl. The van der Waals surface area contributed by atoms with E-state index in [1.54, 1.807) is 25.1 Å². The van der Waals surface area contributed by atoms with Crippen molar-refractivity contribution >= 4 is 29.0 Å². The number of nitrogens with two attached hydrogens (primary N) is 1. The molecule has 0 saturated carbocycles. The highest BCUT2D eigenvalue weighted by Gasteiger charge is 2.15. The number of halogens is 2. The van der Waals surface area contributed by atoms with Gasteiger partial charge in [-0.05, 0) is 17.7 Å². The monoisotopic (exact) mass is 245 g/mol. The van der Waals surface area contributed by atoms with E-state index in [1.807, 2.05) is 0 Å². The lowest BCUT2D eigenvalue weighted by Gasteiger charge is -2.09. The van der Waals surface area contributed by atoms with Crippen LogP contribution in [0.25, 0.3) is 0 Å². The van der Waals surface area contributed by atoms with Crippen LogP contribution in [0, 0.1) is 5.92 Å². The van der Waals surface area contributed by atoms with Crippen molar-refractivity contribution in [3.63, 3.8) is 0 Å². The standard InChI is InChI=1S/C11H13Cl2NO/c1-7(6-14)11(15)5-8-9(12)3-2-4-10(8)13/h2-4,7H,5-6,14H2,1H3. The highest BCUT2D eigenvalue weighted by atomic mass is 35.5. The second-order valence-corrected chi connectivity index (χ2v) is 4.29. The normalized spacial score (nSPS) is 12.5. The molecular formula is C11H13Cl2NO. The molecule has 0 radical (unpaired) electrons. The molecule has 4 heteroatoms. The fourth-order valence-electron chi connectivity index (χ4n) is 1.18. The van der Waals surface area contributed by atoms with Crippen molar-refractivity contribution in [2.45, 2.75) is 13.3 Å². The van der Waals surface area contributed by atoms with Crippen molar-refractivity contribution in [1.29, 1.82) is 0 Å². The number of ketones is 1. The summed E-state index contributed by atoms with van der Waals surface area (Å²) in [5.74, 6) is -0.0927. The van der Waals surface area contributed by atoms with Crippen LogP contribution in [0.4, 0.5) is 0 Å². The number of Topliss-reactive ketones (excluding diaryl/α,β-unsaturated/α-hetero) is 1. The van der Waals surface area contributed by atoms with Crippen molar-refractivity contribution in [2.75, 3.05) is 6.54 Å². The minimum Gasteiger partial charge on any atom is -0.330 e. The molecule has 15 heavy (non-hydrogen) atoms. The zero-order chi connectivity index (χ0) is 11.4. The fourth-order valence-corrected chi connectivity index (χ4v) is 1.71. The zero-order valence-electron chi connectivity index (χ0n) is 8.47. The van der Waals surface area contributed by atoms with E-state index in [1.165, 1.54) is 0 Å². The lowest BCUT2D eigenvalue weighted by atomic mass is 9.99. The lowest BCUT2D eigenvalue weighted by molar-refractivity contribution is -0.121. The van der Waals surface area contributed by atoms with E-state index < -0.39 is 0 Å². The van der Waals surface area contributed by atoms with E-state index in [4.69, 9.17) is 28.9 Å². The Morgan fingerprint density at radius 3 is 2.40 bits per heavy atom. The molecule has 1 unspecified atom stereocenters. The number of hydrogen-bond donors (Lipinski definition) is 1. The molecular weight excluding hydrogens is 233 g/mol. The average Bonchev–Trinajstić information content (AvgIpc) is 2.22. The summed E-state index contributed by atoms with van der Waals surface area (Å²) >= 11 is 11.9. The molecule has 2 N–H and O–H groups in total. The summed E-state index contributed by atoms with van der Waals surface area (Å²) in [5, 5.41) is 1.06. The van der Waals surface area contributed by atoms with Gasteiger partial charge in [-0.15, -0.1) is 0 Å². The van der Waals surface area contributed by atoms with E-state index in [9.17, 15) is 4.79 Å². The molecule has 1 aromatic carbocycles. The Hall–Kier alpha value is -0.570. The van der Waals surface area contributed by atoms with Crippen LogP contribution in [-0.4, -0.2) is 12.3 Å². The number of carbonyl (C=O) groups is 1. The largest absolute Gasteiger partial charge is 0.330 e. The van der Waals surface area contributed by atoms with Crippen LogP contribution in [0.3, 0.4) is 0 Å². The molecule has 0 aliphatic carbocycles. The third-order valence-electron chi connectivity index (χ3n) is 2.32. The van der Waals surface area contributed by atoms with E-state index in [2.05, 4.69) is 0 Å². The van der Waals surface area contributed by atoms with Gasteiger partial charge in [0.25, 0.3) is 0 Å². The fraction of sp³-hybridized carbons (Fsp3) is 0.364. The average molecular weight is 246 g/mol. The highest BCUT2D eigenvalue weighted by molar-refractivity contribution is 6.36. The molecule has 1 rings (SSSR count). The van der Waals surface area contributed by atoms with Crippen LogP contribution < -0.4 is 5.73 Å². The Labute approximate surface area is 99.4 Å². The summed E-state index contributed by atoms with van der Waals surface area (Å²) in [7, 11) is 0. The van der Waals surface area contributed by atoms with Crippen LogP contribution >= 0.6 is 23.2 Å². The van der Waals surface area contributed by atoms with Crippen LogP contribution in [0.15, 0.2) is 18.2 Å². The van der Waals surface area contributed by atoms with Crippen LogP contribution in [0.2, 0.25) is 10.0 Å². The van der Waals surface area contributed by atoms with Gasteiger partial charge in [0.05, 0.1) is 0 Å². The third-order valence-corrected chi connectivity index (χ3v) is 3.02. The van der Waals surface area contributed by atoms with Gasteiger partial charge in [0.15, 0.2) is 0 Å². The van der Waals surface area contributed by atoms with Crippen LogP contribution in [-0.2, 0) is 11.2 Å². The minimum absolute atomic E-state index is 0.0625. The summed E-state index contributed by atoms with van der Waals surface area (Å²) < 4.78 is 0. The Kier molecular flexibility index (Phi) is 4.58. The Balaban J connectivity index is 2.85. The van der Waals surface area contributed by atoms with E-state index in [-0.39, 0.29) is 18.1 Å². The first-order valence-corrected chi connectivity index (χ1v) is 5.47. The maximum Gasteiger partial charge on any atom is 0.141 e. The van der Waals surface area contributed by atoms with Gasteiger partial charge >= 0.3 is 0 Å². The van der Waals surface area contributed by atoms with Gasteiger partial charge in [0, 0.05) is 28.9 Å². The molecule has 0 aliphatic rings. The van der Waals surface area contributed by atoms with Gasteiger partial charge in [0.2, 0.25) is 0 Å². The molecule has 1 aromatic rings. The van der Waals surface area contributed by atoms with E-state index in [0.717, 1.165) is 0 Å². The van der Waals surface area contributed by atoms with Crippen molar-refractivity contribution in [1.82, 2.24) is 0 Å². The predicted octanol–water partition coefficient (Wildman–Crippen LogP) is 2.70. The number of carbonyl (C=O) groups excluding carboxylic acids is 1.